The Morgan fingerprint density at radius 3 is 3.21 bits per heavy atom. The van der Waals surface area contributed by atoms with Gasteiger partial charge in [-0.2, -0.15) is 5.10 Å². The van der Waals surface area contributed by atoms with Gasteiger partial charge in [-0.15, -0.1) is 11.3 Å². The first-order valence-corrected chi connectivity index (χ1v) is 5.30. The first kappa shape index (κ1) is 8.07. The summed E-state index contributed by atoms with van der Waals surface area (Å²) in [4.78, 5) is 9.95. The lowest BCUT2D eigenvalue weighted by atomic mass is 10.2. The second-order valence-electron chi connectivity index (χ2n) is 3.15. The van der Waals surface area contributed by atoms with Crippen molar-refractivity contribution >= 4 is 11.3 Å². The fourth-order valence-electron chi connectivity index (χ4n) is 1.54. The Morgan fingerprint density at radius 1 is 1.43 bits per heavy atom. The molecule has 14 heavy (non-hydrogen) atoms. The van der Waals surface area contributed by atoms with Crippen LogP contribution in [0.2, 0.25) is 0 Å². The van der Waals surface area contributed by atoms with Gasteiger partial charge in [0.2, 0.25) is 0 Å². The lowest BCUT2D eigenvalue weighted by Crippen LogP contribution is -2.22. The first-order chi connectivity index (χ1) is 6.93. The van der Waals surface area contributed by atoms with Gasteiger partial charge < -0.3 is 5.32 Å². The number of H-pyrrole nitrogens is 1. The van der Waals surface area contributed by atoms with Crippen molar-refractivity contribution in [2.24, 2.45) is 0 Å². The minimum atomic E-state index is 0.768. The SMILES string of the molecule is c1n[nH]c(-c2nc3c(s2)CNCC3)n1. The van der Waals surface area contributed by atoms with Gasteiger partial charge >= 0.3 is 0 Å². The highest BCUT2D eigenvalue weighted by molar-refractivity contribution is 7.15. The Labute approximate surface area is 84.6 Å². The van der Waals surface area contributed by atoms with E-state index in [0.717, 1.165) is 30.3 Å². The number of aromatic amines is 1. The number of nitrogens with zero attached hydrogens (tertiary/aromatic N) is 3. The van der Waals surface area contributed by atoms with E-state index < -0.39 is 0 Å². The Bertz CT molecular complexity index is 409. The Hall–Kier alpha value is -1.27. The molecule has 0 aliphatic carbocycles. The second kappa shape index (κ2) is 3.14. The number of fused-ring (bicyclic) bond motifs is 1. The molecule has 0 unspecified atom stereocenters. The number of rotatable bonds is 1. The molecule has 1 aliphatic heterocycles. The van der Waals surface area contributed by atoms with Crippen LogP contribution in [-0.4, -0.2) is 26.7 Å². The maximum atomic E-state index is 4.54. The maximum absolute atomic E-state index is 4.54. The van der Waals surface area contributed by atoms with Crippen LogP contribution in [0.5, 0.6) is 0 Å². The largest absolute Gasteiger partial charge is 0.311 e. The molecule has 1 aliphatic rings. The van der Waals surface area contributed by atoms with Crippen molar-refractivity contribution < 1.29 is 0 Å². The molecular formula is C8H9N5S. The quantitative estimate of drug-likeness (QED) is 0.717. The van der Waals surface area contributed by atoms with Gasteiger partial charge in [-0.3, -0.25) is 5.10 Å². The predicted octanol–water partition coefficient (Wildman–Crippen LogP) is 0.574. The summed E-state index contributed by atoms with van der Waals surface area (Å²) in [6.45, 7) is 1.95. The van der Waals surface area contributed by atoms with Crippen LogP contribution >= 0.6 is 11.3 Å². The highest BCUT2D eigenvalue weighted by Crippen LogP contribution is 2.26. The topological polar surface area (TPSA) is 66.5 Å². The van der Waals surface area contributed by atoms with E-state index in [4.69, 9.17) is 0 Å². The van der Waals surface area contributed by atoms with Crippen molar-refractivity contribution in [2.75, 3.05) is 6.54 Å². The minimum Gasteiger partial charge on any atom is -0.311 e. The second-order valence-corrected chi connectivity index (χ2v) is 4.23. The van der Waals surface area contributed by atoms with Gasteiger partial charge in [0, 0.05) is 24.4 Å². The van der Waals surface area contributed by atoms with Crippen LogP contribution in [0.1, 0.15) is 10.6 Å². The zero-order valence-corrected chi connectivity index (χ0v) is 8.27. The first-order valence-electron chi connectivity index (χ1n) is 4.48. The van der Waals surface area contributed by atoms with Crippen LogP contribution in [0.4, 0.5) is 0 Å². The molecule has 2 aromatic heterocycles. The average molecular weight is 207 g/mol. The van der Waals surface area contributed by atoms with Gasteiger partial charge in [0.15, 0.2) is 10.8 Å². The molecule has 2 aromatic rings. The fourth-order valence-corrected chi connectivity index (χ4v) is 2.56. The van der Waals surface area contributed by atoms with Crippen molar-refractivity contribution in [2.45, 2.75) is 13.0 Å². The van der Waals surface area contributed by atoms with Crippen molar-refractivity contribution in [3.8, 4) is 10.8 Å². The van der Waals surface area contributed by atoms with Crippen molar-refractivity contribution in [3.05, 3.63) is 16.9 Å². The van der Waals surface area contributed by atoms with E-state index >= 15 is 0 Å². The number of hydrogen-bond acceptors (Lipinski definition) is 5. The summed E-state index contributed by atoms with van der Waals surface area (Å²) < 4.78 is 0. The molecule has 0 fully saturated rings. The Balaban J connectivity index is 2.04. The Kier molecular flexibility index (Phi) is 1.81. The molecule has 0 spiro atoms. The molecule has 3 heterocycles. The normalized spacial score (nSPS) is 15.4. The van der Waals surface area contributed by atoms with Crippen LogP contribution in [0.15, 0.2) is 6.33 Å². The fraction of sp³-hybridized carbons (Fsp3) is 0.375. The van der Waals surface area contributed by atoms with E-state index in [9.17, 15) is 0 Å². The molecule has 0 atom stereocenters. The molecule has 2 N–H and O–H groups in total. The number of thiazole rings is 1. The van der Waals surface area contributed by atoms with Crippen LogP contribution in [0.25, 0.3) is 10.8 Å². The average Bonchev–Trinajstić information content (AvgIpc) is 2.86. The third kappa shape index (κ3) is 1.23. The molecule has 0 bridgehead atoms. The van der Waals surface area contributed by atoms with Crippen molar-refractivity contribution in [3.63, 3.8) is 0 Å². The molecular weight excluding hydrogens is 198 g/mol. The van der Waals surface area contributed by atoms with Crippen molar-refractivity contribution in [1.29, 1.82) is 0 Å². The maximum Gasteiger partial charge on any atom is 0.184 e. The highest BCUT2D eigenvalue weighted by Gasteiger charge is 2.16. The summed E-state index contributed by atoms with van der Waals surface area (Å²) in [6, 6.07) is 0. The van der Waals surface area contributed by atoms with E-state index in [1.165, 1.54) is 16.9 Å². The van der Waals surface area contributed by atoms with Crippen LogP contribution in [-0.2, 0) is 13.0 Å². The third-order valence-electron chi connectivity index (χ3n) is 2.22. The van der Waals surface area contributed by atoms with E-state index in [-0.39, 0.29) is 0 Å². The zero-order chi connectivity index (χ0) is 9.38. The summed E-state index contributed by atoms with van der Waals surface area (Å²) >= 11 is 1.69. The summed E-state index contributed by atoms with van der Waals surface area (Å²) in [5, 5.41) is 10.9. The molecule has 0 aromatic carbocycles. The lowest BCUT2D eigenvalue weighted by Gasteiger charge is -2.09. The smallest absolute Gasteiger partial charge is 0.184 e. The Morgan fingerprint density at radius 2 is 2.43 bits per heavy atom. The molecule has 0 saturated carbocycles. The van der Waals surface area contributed by atoms with Crippen LogP contribution in [0, 0.1) is 0 Å². The monoisotopic (exact) mass is 207 g/mol. The standard InChI is InChI=1S/C8H9N5S/c1-2-9-3-6-5(1)12-8(14-6)7-10-4-11-13-7/h4,9H,1-3H2,(H,10,11,13). The zero-order valence-electron chi connectivity index (χ0n) is 7.45. The molecule has 6 heteroatoms. The predicted molar refractivity (Wildman–Crippen MR) is 52.9 cm³/mol. The number of nitrogens with one attached hydrogen (secondary N) is 2. The molecule has 0 radical (unpaired) electrons. The summed E-state index contributed by atoms with van der Waals surface area (Å²) in [5.74, 6) is 0.768. The third-order valence-corrected chi connectivity index (χ3v) is 3.32. The lowest BCUT2D eigenvalue weighted by molar-refractivity contribution is 0.644. The van der Waals surface area contributed by atoms with Gasteiger partial charge in [-0.1, -0.05) is 0 Å². The van der Waals surface area contributed by atoms with E-state index in [1.807, 2.05) is 0 Å². The number of aromatic nitrogens is 4. The molecule has 0 amide bonds. The molecule has 0 saturated heterocycles. The van der Waals surface area contributed by atoms with Crippen molar-refractivity contribution in [1.82, 2.24) is 25.5 Å². The van der Waals surface area contributed by atoms with Crippen LogP contribution < -0.4 is 5.32 Å². The summed E-state index contributed by atoms with van der Waals surface area (Å²) in [6.07, 6.45) is 2.52. The minimum absolute atomic E-state index is 0.768. The van der Waals surface area contributed by atoms with Gasteiger partial charge in [-0.05, 0) is 0 Å². The molecule has 5 nitrogen and oxygen atoms in total. The summed E-state index contributed by atoms with van der Waals surface area (Å²) in [7, 11) is 0. The highest BCUT2D eigenvalue weighted by atomic mass is 32.1. The van der Waals surface area contributed by atoms with Gasteiger partial charge in [-0.25, -0.2) is 9.97 Å². The number of hydrogen-bond donors (Lipinski definition) is 2. The van der Waals surface area contributed by atoms with Crippen LogP contribution in [0.3, 0.4) is 0 Å². The van der Waals surface area contributed by atoms with E-state index in [0.29, 0.717) is 0 Å². The van der Waals surface area contributed by atoms with Gasteiger partial charge in [0.25, 0.3) is 0 Å². The molecule has 3 rings (SSSR count). The molecule has 72 valence electrons. The van der Waals surface area contributed by atoms with E-state index in [1.54, 1.807) is 11.3 Å². The van der Waals surface area contributed by atoms with E-state index in [2.05, 4.69) is 25.5 Å². The van der Waals surface area contributed by atoms with Gasteiger partial charge in [0.05, 0.1) is 5.69 Å². The van der Waals surface area contributed by atoms with Gasteiger partial charge in [0.1, 0.15) is 6.33 Å². The summed E-state index contributed by atoms with van der Waals surface area (Å²) in [5.41, 5.74) is 1.21.